The van der Waals surface area contributed by atoms with Gasteiger partial charge in [0.15, 0.2) is 17.7 Å². The van der Waals surface area contributed by atoms with Gasteiger partial charge in [-0.2, -0.15) is 0 Å². The van der Waals surface area contributed by atoms with Crippen LogP contribution in [0.2, 0.25) is 0 Å². The van der Waals surface area contributed by atoms with Gasteiger partial charge in [-0.1, -0.05) is 34.0 Å². The molecule has 190 valence electrons. The molecule has 0 saturated carbocycles. The zero-order valence-electron chi connectivity index (χ0n) is 20.3. The van der Waals surface area contributed by atoms with Gasteiger partial charge in [0.2, 0.25) is 5.75 Å². The fraction of sp³-hybridized carbons (Fsp3) is 0.185. The molecule has 1 aliphatic rings. The Morgan fingerprint density at radius 1 is 1.05 bits per heavy atom. The Labute approximate surface area is 222 Å². The molecule has 0 fully saturated rings. The SMILES string of the molecule is C#CCOc1ccc(Br)cc1C1Nc2ccccc2C(=O)N1NC(=O)c1cc(OC)c(OC)c(OC)c1. The van der Waals surface area contributed by atoms with Crippen molar-refractivity contribution in [2.75, 3.05) is 33.3 Å². The van der Waals surface area contributed by atoms with E-state index in [-0.39, 0.29) is 12.2 Å². The van der Waals surface area contributed by atoms with Gasteiger partial charge in [0.05, 0.1) is 26.9 Å². The van der Waals surface area contributed by atoms with Crippen LogP contribution < -0.4 is 29.7 Å². The third-order valence-electron chi connectivity index (χ3n) is 5.65. The van der Waals surface area contributed by atoms with Crippen LogP contribution in [-0.2, 0) is 0 Å². The van der Waals surface area contributed by atoms with Crippen LogP contribution >= 0.6 is 15.9 Å². The van der Waals surface area contributed by atoms with Gasteiger partial charge in [0.1, 0.15) is 12.4 Å². The first-order chi connectivity index (χ1) is 17.9. The predicted molar refractivity (Wildman–Crippen MR) is 141 cm³/mol. The first kappa shape index (κ1) is 25.7. The lowest BCUT2D eigenvalue weighted by molar-refractivity contribution is 0.0488. The average molecular weight is 566 g/mol. The summed E-state index contributed by atoms with van der Waals surface area (Å²) in [6, 6.07) is 15.4. The van der Waals surface area contributed by atoms with Crippen LogP contribution in [0.1, 0.15) is 32.4 Å². The molecular weight excluding hydrogens is 542 g/mol. The van der Waals surface area contributed by atoms with Crippen LogP contribution in [0, 0.1) is 12.3 Å². The molecule has 1 atom stereocenters. The van der Waals surface area contributed by atoms with Crippen molar-refractivity contribution >= 4 is 33.4 Å². The molecule has 9 nitrogen and oxygen atoms in total. The van der Waals surface area contributed by atoms with E-state index in [0.717, 1.165) is 4.47 Å². The highest BCUT2D eigenvalue weighted by molar-refractivity contribution is 9.10. The van der Waals surface area contributed by atoms with Crippen molar-refractivity contribution in [3.63, 3.8) is 0 Å². The van der Waals surface area contributed by atoms with Gasteiger partial charge < -0.3 is 24.3 Å². The number of hydrogen-bond donors (Lipinski definition) is 2. The lowest BCUT2D eigenvalue weighted by Crippen LogP contribution is -2.53. The number of hydrogen-bond acceptors (Lipinski definition) is 7. The summed E-state index contributed by atoms with van der Waals surface area (Å²) >= 11 is 3.48. The Morgan fingerprint density at radius 2 is 1.76 bits per heavy atom. The Bertz CT molecular complexity index is 1360. The summed E-state index contributed by atoms with van der Waals surface area (Å²) in [4.78, 5) is 27.1. The van der Waals surface area contributed by atoms with E-state index in [2.05, 4.69) is 32.6 Å². The quantitative estimate of drug-likeness (QED) is 0.390. The van der Waals surface area contributed by atoms with E-state index >= 15 is 0 Å². The molecule has 1 unspecified atom stereocenters. The van der Waals surface area contributed by atoms with Crippen LogP contribution in [0.25, 0.3) is 0 Å². The number of carbonyl (C=O) groups excluding carboxylic acids is 2. The number of rotatable bonds is 8. The second kappa shape index (κ2) is 11.1. The Kier molecular flexibility index (Phi) is 7.74. The molecule has 2 N–H and O–H groups in total. The molecule has 1 heterocycles. The monoisotopic (exact) mass is 565 g/mol. The summed E-state index contributed by atoms with van der Waals surface area (Å²) < 4.78 is 22.6. The smallest absolute Gasteiger partial charge is 0.276 e. The van der Waals surface area contributed by atoms with Crippen LogP contribution in [0.15, 0.2) is 59.1 Å². The summed E-state index contributed by atoms with van der Waals surface area (Å²) in [7, 11) is 4.38. The van der Waals surface area contributed by atoms with Gasteiger partial charge in [-0.15, -0.1) is 6.42 Å². The van der Waals surface area contributed by atoms with E-state index in [0.29, 0.717) is 39.8 Å². The minimum absolute atomic E-state index is 0.0314. The zero-order chi connectivity index (χ0) is 26.5. The number of halogens is 1. The largest absolute Gasteiger partial charge is 0.493 e. The number of anilines is 1. The number of methoxy groups -OCH3 is 3. The highest BCUT2D eigenvalue weighted by Crippen LogP contribution is 2.39. The number of benzene rings is 3. The molecule has 0 radical (unpaired) electrons. The van der Waals surface area contributed by atoms with E-state index in [1.165, 1.54) is 38.5 Å². The van der Waals surface area contributed by atoms with E-state index in [1.807, 2.05) is 6.07 Å². The van der Waals surface area contributed by atoms with Gasteiger partial charge >= 0.3 is 0 Å². The molecule has 1 aliphatic heterocycles. The van der Waals surface area contributed by atoms with Crippen LogP contribution in [0.3, 0.4) is 0 Å². The van der Waals surface area contributed by atoms with Crippen molar-refractivity contribution in [2.24, 2.45) is 0 Å². The van der Waals surface area contributed by atoms with E-state index < -0.39 is 18.0 Å². The zero-order valence-corrected chi connectivity index (χ0v) is 21.9. The molecule has 0 spiro atoms. The molecule has 37 heavy (non-hydrogen) atoms. The summed E-state index contributed by atoms with van der Waals surface area (Å²) in [5.74, 6) is 2.86. The number of amides is 2. The number of ether oxygens (including phenoxy) is 4. The van der Waals surface area contributed by atoms with Gasteiger partial charge in [-0.3, -0.25) is 15.0 Å². The molecule has 3 aromatic carbocycles. The van der Waals surface area contributed by atoms with Crippen molar-refractivity contribution in [1.82, 2.24) is 10.4 Å². The molecule has 10 heteroatoms. The first-order valence-electron chi connectivity index (χ1n) is 11.1. The van der Waals surface area contributed by atoms with Crippen molar-refractivity contribution in [2.45, 2.75) is 6.17 Å². The van der Waals surface area contributed by atoms with E-state index in [9.17, 15) is 9.59 Å². The molecule has 0 bridgehead atoms. The topological polar surface area (TPSA) is 98.4 Å². The highest BCUT2D eigenvalue weighted by Gasteiger charge is 2.36. The fourth-order valence-corrected chi connectivity index (χ4v) is 4.34. The van der Waals surface area contributed by atoms with Gasteiger partial charge in [0.25, 0.3) is 11.8 Å². The molecule has 4 rings (SSSR count). The number of carbonyl (C=O) groups is 2. The van der Waals surface area contributed by atoms with Gasteiger partial charge in [-0.05, 0) is 42.5 Å². The molecule has 0 saturated heterocycles. The van der Waals surface area contributed by atoms with Crippen LogP contribution in [0.5, 0.6) is 23.0 Å². The predicted octanol–water partition coefficient (Wildman–Crippen LogP) is 4.40. The second-order valence-electron chi connectivity index (χ2n) is 7.80. The normalized spacial score (nSPS) is 14.1. The van der Waals surface area contributed by atoms with Crippen molar-refractivity contribution in [1.29, 1.82) is 0 Å². The molecule has 0 aromatic heterocycles. The Morgan fingerprint density at radius 3 is 2.41 bits per heavy atom. The third kappa shape index (κ3) is 5.13. The van der Waals surface area contributed by atoms with E-state index in [1.54, 1.807) is 36.4 Å². The molecular formula is C27H24BrN3O6. The second-order valence-corrected chi connectivity index (χ2v) is 8.71. The fourth-order valence-electron chi connectivity index (χ4n) is 3.96. The summed E-state index contributed by atoms with van der Waals surface area (Å²) in [5.41, 5.74) is 4.51. The number of nitrogens with one attached hydrogen (secondary N) is 2. The molecule has 2 amide bonds. The van der Waals surface area contributed by atoms with Crippen molar-refractivity contribution < 1.29 is 28.5 Å². The minimum atomic E-state index is -0.821. The highest BCUT2D eigenvalue weighted by atomic mass is 79.9. The summed E-state index contributed by atoms with van der Waals surface area (Å²) in [6.07, 6.45) is 4.57. The van der Waals surface area contributed by atoms with E-state index in [4.69, 9.17) is 25.4 Å². The van der Waals surface area contributed by atoms with Gasteiger partial charge in [-0.25, -0.2) is 5.01 Å². The number of fused-ring (bicyclic) bond motifs is 1. The van der Waals surface area contributed by atoms with Crippen LogP contribution in [0.4, 0.5) is 5.69 Å². The molecule has 3 aromatic rings. The Hall–Kier alpha value is -4.36. The molecule has 0 aliphatic carbocycles. The number of nitrogens with zero attached hydrogens (tertiary/aromatic N) is 1. The number of hydrazine groups is 1. The minimum Gasteiger partial charge on any atom is -0.493 e. The maximum atomic E-state index is 13.6. The average Bonchev–Trinajstić information content (AvgIpc) is 2.92. The number of para-hydroxylation sites is 1. The first-order valence-corrected chi connectivity index (χ1v) is 11.9. The lowest BCUT2D eigenvalue weighted by atomic mass is 10.0. The third-order valence-corrected chi connectivity index (χ3v) is 6.15. The van der Waals surface area contributed by atoms with Crippen molar-refractivity contribution in [3.05, 3.63) is 75.8 Å². The lowest BCUT2D eigenvalue weighted by Gasteiger charge is -2.38. The maximum Gasteiger partial charge on any atom is 0.276 e. The number of terminal acetylenes is 1. The standard InChI is InChI=1S/C27H24BrN3O6/c1-5-12-37-21-11-10-17(28)15-19(21)25-29-20-9-7-6-8-18(20)27(33)31(25)30-26(32)16-13-22(34-2)24(36-4)23(14-16)35-3/h1,6-11,13-15,25,29H,12H2,2-4H3,(H,30,32). The van der Waals surface area contributed by atoms with Crippen molar-refractivity contribution in [3.8, 4) is 35.3 Å². The Balaban J connectivity index is 1.77. The maximum absolute atomic E-state index is 13.6. The summed E-state index contributed by atoms with van der Waals surface area (Å²) in [6.45, 7) is 0.0314. The van der Waals surface area contributed by atoms with Gasteiger partial charge in [0, 0.05) is 21.3 Å². The summed E-state index contributed by atoms with van der Waals surface area (Å²) in [5, 5.41) is 4.55. The van der Waals surface area contributed by atoms with Crippen LogP contribution in [-0.4, -0.2) is 44.8 Å².